The Morgan fingerprint density at radius 3 is 2.80 bits per heavy atom. The molecule has 2 aromatic heterocycles. The Labute approximate surface area is 128 Å². The first-order valence-corrected chi connectivity index (χ1v) is 8.28. The molecule has 1 saturated carbocycles. The van der Waals surface area contributed by atoms with Crippen LogP contribution in [0.2, 0.25) is 0 Å². The SMILES string of the molecule is CCC1CCC(CNc2nc(Br)cn3ccnc23)CC1. The second-order valence-electron chi connectivity index (χ2n) is 5.75. The largest absolute Gasteiger partial charge is 0.367 e. The summed E-state index contributed by atoms with van der Waals surface area (Å²) in [6.45, 7) is 3.31. The minimum absolute atomic E-state index is 0.772. The summed E-state index contributed by atoms with van der Waals surface area (Å²) in [7, 11) is 0. The van der Waals surface area contributed by atoms with Gasteiger partial charge in [-0.25, -0.2) is 9.97 Å². The van der Waals surface area contributed by atoms with E-state index in [9.17, 15) is 0 Å². The number of rotatable bonds is 4. The molecule has 1 aliphatic carbocycles. The topological polar surface area (TPSA) is 42.2 Å². The summed E-state index contributed by atoms with van der Waals surface area (Å²) in [5, 5.41) is 3.49. The van der Waals surface area contributed by atoms with Crippen molar-refractivity contribution in [2.45, 2.75) is 39.0 Å². The van der Waals surface area contributed by atoms with Gasteiger partial charge in [-0.2, -0.15) is 0 Å². The average Bonchev–Trinajstić information content (AvgIpc) is 2.93. The molecule has 0 aromatic carbocycles. The zero-order valence-corrected chi connectivity index (χ0v) is 13.4. The fourth-order valence-corrected chi connectivity index (χ4v) is 3.50. The molecule has 1 N–H and O–H groups in total. The lowest BCUT2D eigenvalue weighted by molar-refractivity contribution is 0.278. The fourth-order valence-electron chi connectivity index (χ4n) is 3.10. The summed E-state index contributed by atoms with van der Waals surface area (Å²) in [4.78, 5) is 8.88. The van der Waals surface area contributed by atoms with E-state index in [0.29, 0.717) is 0 Å². The summed E-state index contributed by atoms with van der Waals surface area (Å²) in [5.74, 6) is 2.60. The summed E-state index contributed by atoms with van der Waals surface area (Å²) >= 11 is 3.45. The van der Waals surface area contributed by atoms with Gasteiger partial charge in [-0.15, -0.1) is 0 Å². The Bertz CT molecular complexity index is 572. The number of aromatic nitrogens is 3. The first-order chi connectivity index (χ1) is 9.76. The van der Waals surface area contributed by atoms with Crippen molar-refractivity contribution in [3.05, 3.63) is 23.2 Å². The van der Waals surface area contributed by atoms with Crippen LogP contribution < -0.4 is 5.32 Å². The van der Waals surface area contributed by atoms with Gasteiger partial charge in [-0.1, -0.05) is 26.2 Å². The molecular formula is C15H21BrN4. The van der Waals surface area contributed by atoms with Gasteiger partial charge in [0.25, 0.3) is 0 Å². The average molecular weight is 337 g/mol. The van der Waals surface area contributed by atoms with Gasteiger partial charge in [0.05, 0.1) is 0 Å². The smallest absolute Gasteiger partial charge is 0.180 e. The van der Waals surface area contributed by atoms with Crippen molar-refractivity contribution in [2.75, 3.05) is 11.9 Å². The van der Waals surface area contributed by atoms with E-state index in [2.05, 4.69) is 38.1 Å². The second-order valence-corrected chi connectivity index (χ2v) is 6.56. The van der Waals surface area contributed by atoms with Crippen molar-refractivity contribution < 1.29 is 0 Å². The maximum Gasteiger partial charge on any atom is 0.180 e. The third kappa shape index (κ3) is 2.97. The van der Waals surface area contributed by atoms with Crippen LogP contribution >= 0.6 is 15.9 Å². The molecule has 1 fully saturated rings. The minimum atomic E-state index is 0.772. The van der Waals surface area contributed by atoms with Crippen LogP contribution in [0.15, 0.2) is 23.2 Å². The minimum Gasteiger partial charge on any atom is -0.367 e. The molecule has 0 amide bonds. The maximum atomic E-state index is 4.51. The van der Waals surface area contributed by atoms with Crippen LogP contribution in [0.5, 0.6) is 0 Å². The van der Waals surface area contributed by atoms with E-state index in [0.717, 1.165) is 34.4 Å². The van der Waals surface area contributed by atoms with Crippen LogP contribution in [-0.2, 0) is 0 Å². The van der Waals surface area contributed by atoms with Gasteiger partial charge in [-0.3, -0.25) is 0 Å². The first kappa shape index (κ1) is 13.9. The lowest BCUT2D eigenvalue weighted by atomic mass is 9.81. The molecule has 0 radical (unpaired) electrons. The predicted octanol–water partition coefficient (Wildman–Crippen LogP) is 4.12. The fraction of sp³-hybridized carbons (Fsp3) is 0.600. The van der Waals surface area contributed by atoms with Crippen molar-refractivity contribution in [1.82, 2.24) is 14.4 Å². The highest BCUT2D eigenvalue weighted by molar-refractivity contribution is 9.10. The first-order valence-electron chi connectivity index (χ1n) is 7.49. The van der Waals surface area contributed by atoms with Gasteiger partial charge in [0.1, 0.15) is 4.60 Å². The molecule has 20 heavy (non-hydrogen) atoms. The van der Waals surface area contributed by atoms with E-state index >= 15 is 0 Å². The van der Waals surface area contributed by atoms with Crippen LogP contribution in [-0.4, -0.2) is 20.9 Å². The highest BCUT2D eigenvalue weighted by Gasteiger charge is 2.20. The molecule has 1 aliphatic rings. The van der Waals surface area contributed by atoms with E-state index in [-0.39, 0.29) is 0 Å². The Morgan fingerprint density at radius 2 is 2.05 bits per heavy atom. The molecule has 4 nitrogen and oxygen atoms in total. The van der Waals surface area contributed by atoms with Gasteiger partial charge in [0, 0.05) is 25.1 Å². The number of imidazole rings is 1. The molecule has 0 atom stereocenters. The van der Waals surface area contributed by atoms with E-state index in [1.807, 2.05) is 16.8 Å². The number of hydrogen-bond donors (Lipinski definition) is 1. The van der Waals surface area contributed by atoms with E-state index < -0.39 is 0 Å². The van der Waals surface area contributed by atoms with Crippen molar-refractivity contribution in [2.24, 2.45) is 11.8 Å². The van der Waals surface area contributed by atoms with Crippen LogP contribution in [0.4, 0.5) is 5.82 Å². The predicted molar refractivity (Wildman–Crippen MR) is 84.9 cm³/mol. The van der Waals surface area contributed by atoms with Gasteiger partial charge in [-0.05, 0) is 40.6 Å². The lowest BCUT2D eigenvalue weighted by Crippen LogP contribution is -2.21. The van der Waals surface area contributed by atoms with Gasteiger partial charge in [0.15, 0.2) is 11.5 Å². The molecule has 0 spiro atoms. The molecule has 0 bridgehead atoms. The van der Waals surface area contributed by atoms with Crippen molar-refractivity contribution in [3.8, 4) is 0 Å². The van der Waals surface area contributed by atoms with E-state index in [4.69, 9.17) is 0 Å². The molecule has 2 heterocycles. The van der Waals surface area contributed by atoms with Crippen molar-refractivity contribution in [3.63, 3.8) is 0 Å². The third-order valence-electron chi connectivity index (χ3n) is 4.45. The molecule has 0 aliphatic heterocycles. The summed E-state index contributed by atoms with van der Waals surface area (Å²) in [6, 6.07) is 0. The molecule has 3 rings (SSSR count). The molecule has 0 saturated heterocycles. The summed E-state index contributed by atoms with van der Waals surface area (Å²) in [6.07, 6.45) is 12.5. The molecule has 0 unspecified atom stereocenters. The van der Waals surface area contributed by atoms with Gasteiger partial charge in [0.2, 0.25) is 0 Å². The Balaban J connectivity index is 1.64. The van der Waals surface area contributed by atoms with Crippen LogP contribution in [0.3, 0.4) is 0 Å². The summed E-state index contributed by atoms with van der Waals surface area (Å²) < 4.78 is 2.83. The number of nitrogens with one attached hydrogen (secondary N) is 1. The third-order valence-corrected chi connectivity index (χ3v) is 4.83. The zero-order chi connectivity index (χ0) is 13.9. The lowest BCUT2D eigenvalue weighted by Gasteiger charge is -2.28. The molecule has 5 heteroatoms. The van der Waals surface area contributed by atoms with Crippen LogP contribution in [0, 0.1) is 11.8 Å². The van der Waals surface area contributed by atoms with E-state index in [1.165, 1.54) is 32.1 Å². The number of nitrogens with zero attached hydrogens (tertiary/aromatic N) is 3. The summed E-state index contributed by atoms with van der Waals surface area (Å²) in [5.41, 5.74) is 0.899. The highest BCUT2D eigenvalue weighted by atomic mass is 79.9. The maximum absolute atomic E-state index is 4.51. The van der Waals surface area contributed by atoms with Gasteiger partial charge >= 0.3 is 0 Å². The van der Waals surface area contributed by atoms with Crippen molar-refractivity contribution in [1.29, 1.82) is 0 Å². The quantitative estimate of drug-likeness (QED) is 0.913. The Kier molecular flexibility index (Phi) is 4.24. The molecule has 108 valence electrons. The van der Waals surface area contributed by atoms with E-state index in [1.54, 1.807) is 6.20 Å². The Morgan fingerprint density at radius 1 is 1.30 bits per heavy atom. The number of anilines is 1. The number of halogens is 1. The second kappa shape index (κ2) is 6.12. The van der Waals surface area contributed by atoms with Crippen LogP contribution in [0.25, 0.3) is 5.65 Å². The molecule has 2 aromatic rings. The number of hydrogen-bond acceptors (Lipinski definition) is 3. The zero-order valence-electron chi connectivity index (χ0n) is 11.8. The molecular weight excluding hydrogens is 316 g/mol. The number of fused-ring (bicyclic) bond motifs is 1. The van der Waals surface area contributed by atoms with Crippen LogP contribution in [0.1, 0.15) is 39.0 Å². The Hall–Kier alpha value is -1.10. The highest BCUT2D eigenvalue weighted by Crippen LogP contribution is 2.30. The normalized spacial score (nSPS) is 23.1. The van der Waals surface area contributed by atoms with Crippen molar-refractivity contribution >= 4 is 27.4 Å². The standard InChI is InChI=1S/C15H21BrN4/c1-2-11-3-5-12(6-4-11)9-18-14-15-17-7-8-20(15)10-13(16)19-14/h7-8,10-12H,2-6,9H2,1H3,(H,18,19). The monoisotopic (exact) mass is 336 g/mol. The van der Waals surface area contributed by atoms with Gasteiger partial charge < -0.3 is 9.72 Å².